The number of hydrogen-bond donors (Lipinski definition) is 2. The Morgan fingerprint density at radius 3 is 2.52 bits per heavy atom. The van der Waals surface area contributed by atoms with Gasteiger partial charge in [-0.05, 0) is 42.9 Å². The summed E-state index contributed by atoms with van der Waals surface area (Å²) in [5, 5.41) is 19.3. The monoisotopic (exact) mass is 292 g/mol. The van der Waals surface area contributed by atoms with Gasteiger partial charge in [0, 0.05) is 0 Å². The first-order valence-electron chi connectivity index (χ1n) is 7.10. The average Bonchev–Trinajstić information content (AvgIpc) is 2.98. The lowest BCUT2D eigenvalue weighted by molar-refractivity contribution is -0.171. The van der Waals surface area contributed by atoms with Gasteiger partial charge in [-0.25, -0.2) is 0 Å². The second kappa shape index (κ2) is 6.16. The van der Waals surface area contributed by atoms with Crippen LogP contribution >= 0.6 is 0 Å². The van der Waals surface area contributed by atoms with Crippen LogP contribution in [0, 0.1) is 11.3 Å². The number of carboxylic acid groups (broad SMARTS) is 1. The van der Waals surface area contributed by atoms with Gasteiger partial charge in [0.25, 0.3) is 0 Å². The maximum atomic E-state index is 12.3. The summed E-state index contributed by atoms with van der Waals surface area (Å²) in [4.78, 5) is 24.2. The van der Waals surface area contributed by atoms with Crippen molar-refractivity contribution in [3.63, 3.8) is 0 Å². The summed E-state index contributed by atoms with van der Waals surface area (Å²) in [5.74, 6) is -2.03. The first kappa shape index (κ1) is 15.4. The van der Waals surface area contributed by atoms with Crippen molar-refractivity contribution in [1.82, 2.24) is 0 Å². The van der Waals surface area contributed by atoms with Gasteiger partial charge in [-0.1, -0.05) is 25.0 Å². The summed E-state index contributed by atoms with van der Waals surface area (Å²) < 4.78 is 4.81. The average molecular weight is 292 g/mol. The number of rotatable bonds is 5. The van der Waals surface area contributed by atoms with Gasteiger partial charge in [0.1, 0.15) is 5.75 Å². The zero-order valence-electron chi connectivity index (χ0n) is 12.0. The number of hydrogen-bond acceptors (Lipinski definition) is 4. The highest BCUT2D eigenvalue weighted by Crippen LogP contribution is 2.43. The molecular formula is C16H20O5. The van der Waals surface area contributed by atoms with Crippen LogP contribution in [0.4, 0.5) is 0 Å². The molecule has 1 saturated carbocycles. The SMILES string of the molecule is COC(=O)C(Cc1cccc(O)c1)(C(=O)O)C1CCCC1. The molecule has 21 heavy (non-hydrogen) atoms. The predicted molar refractivity (Wildman–Crippen MR) is 75.9 cm³/mol. The van der Waals surface area contributed by atoms with E-state index in [-0.39, 0.29) is 18.1 Å². The van der Waals surface area contributed by atoms with Crippen LogP contribution in [0.3, 0.4) is 0 Å². The van der Waals surface area contributed by atoms with Crippen LogP contribution in [0.15, 0.2) is 24.3 Å². The molecule has 1 unspecified atom stereocenters. The van der Waals surface area contributed by atoms with Crippen molar-refractivity contribution >= 4 is 11.9 Å². The Hall–Kier alpha value is -2.04. The number of aromatic hydroxyl groups is 1. The van der Waals surface area contributed by atoms with Crippen molar-refractivity contribution < 1.29 is 24.5 Å². The van der Waals surface area contributed by atoms with Crippen molar-refractivity contribution in [2.75, 3.05) is 7.11 Å². The summed E-state index contributed by atoms with van der Waals surface area (Å²) in [6.07, 6.45) is 3.31. The fraction of sp³-hybridized carbons (Fsp3) is 0.500. The zero-order chi connectivity index (χ0) is 15.5. The first-order valence-corrected chi connectivity index (χ1v) is 7.10. The van der Waals surface area contributed by atoms with Crippen LogP contribution in [0.25, 0.3) is 0 Å². The number of ether oxygens (including phenoxy) is 1. The number of aliphatic carboxylic acids is 1. The van der Waals surface area contributed by atoms with Gasteiger partial charge in [-0.15, -0.1) is 0 Å². The molecule has 2 N–H and O–H groups in total. The third kappa shape index (κ3) is 2.86. The molecule has 1 atom stereocenters. The van der Waals surface area contributed by atoms with E-state index in [2.05, 4.69) is 0 Å². The molecule has 0 saturated heterocycles. The number of phenols is 1. The highest BCUT2D eigenvalue weighted by atomic mass is 16.5. The van der Waals surface area contributed by atoms with Gasteiger partial charge in [0.05, 0.1) is 7.11 Å². The van der Waals surface area contributed by atoms with E-state index in [1.165, 1.54) is 19.2 Å². The van der Waals surface area contributed by atoms with Crippen molar-refractivity contribution in [2.45, 2.75) is 32.1 Å². The van der Waals surface area contributed by atoms with E-state index in [0.29, 0.717) is 18.4 Å². The largest absolute Gasteiger partial charge is 0.508 e. The number of methoxy groups -OCH3 is 1. The Kier molecular flexibility index (Phi) is 4.50. The number of esters is 1. The lowest BCUT2D eigenvalue weighted by Gasteiger charge is -2.32. The van der Waals surface area contributed by atoms with Crippen LogP contribution in [0.2, 0.25) is 0 Å². The zero-order valence-corrected chi connectivity index (χ0v) is 12.0. The Morgan fingerprint density at radius 1 is 1.33 bits per heavy atom. The van der Waals surface area contributed by atoms with Gasteiger partial charge in [0.2, 0.25) is 0 Å². The number of carbonyl (C=O) groups is 2. The molecule has 0 aliphatic heterocycles. The summed E-state index contributed by atoms with van der Waals surface area (Å²) in [7, 11) is 1.22. The van der Waals surface area contributed by atoms with Gasteiger partial charge < -0.3 is 14.9 Å². The quantitative estimate of drug-likeness (QED) is 0.643. The fourth-order valence-corrected chi connectivity index (χ4v) is 3.31. The van der Waals surface area contributed by atoms with Crippen LogP contribution in [0.5, 0.6) is 5.75 Å². The Labute approximate surface area is 123 Å². The maximum Gasteiger partial charge on any atom is 0.323 e. The van der Waals surface area contributed by atoms with E-state index < -0.39 is 17.4 Å². The molecule has 1 aliphatic carbocycles. The second-order valence-corrected chi connectivity index (χ2v) is 5.60. The molecule has 0 spiro atoms. The van der Waals surface area contributed by atoms with Crippen LogP contribution in [-0.4, -0.2) is 29.3 Å². The van der Waals surface area contributed by atoms with Gasteiger partial charge in [-0.2, -0.15) is 0 Å². The maximum absolute atomic E-state index is 12.3. The van der Waals surface area contributed by atoms with Crippen molar-refractivity contribution in [1.29, 1.82) is 0 Å². The number of phenolic OH excluding ortho intramolecular Hbond substituents is 1. The summed E-state index contributed by atoms with van der Waals surface area (Å²) in [6, 6.07) is 6.37. The molecule has 1 aromatic rings. The standard InChI is InChI=1S/C16H20O5/c1-21-15(20)16(14(18)19,12-6-2-3-7-12)10-11-5-4-8-13(17)9-11/h4-5,8-9,12,17H,2-3,6-7,10H2,1H3,(H,18,19). The molecule has 5 nitrogen and oxygen atoms in total. The fourth-order valence-electron chi connectivity index (χ4n) is 3.31. The summed E-state index contributed by atoms with van der Waals surface area (Å²) >= 11 is 0. The number of carboxylic acids is 1. The minimum absolute atomic E-state index is 0.0358. The third-order valence-electron chi connectivity index (χ3n) is 4.38. The topological polar surface area (TPSA) is 83.8 Å². The molecule has 1 aromatic carbocycles. The van der Waals surface area contributed by atoms with E-state index in [0.717, 1.165) is 12.8 Å². The molecule has 0 bridgehead atoms. The normalized spacial score (nSPS) is 18.1. The van der Waals surface area contributed by atoms with Crippen LogP contribution < -0.4 is 0 Å². The van der Waals surface area contributed by atoms with Crippen LogP contribution in [-0.2, 0) is 20.7 Å². The second-order valence-electron chi connectivity index (χ2n) is 5.60. The van der Waals surface area contributed by atoms with E-state index in [9.17, 15) is 19.8 Å². The molecule has 0 heterocycles. The molecule has 0 aromatic heterocycles. The van der Waals surface area contributed by atoms with Gasteiger partial charge in [-0.3, -0.25) is 9.59 Å². The van der Waals surface area contributed by atoms with Crippen molar-refractivity contribution in [3.05, 3.63) is 29.8 Å². The van der Waals surface area contributed by atoms with Crippen molar-refractivity contribution in [3.8, 4) is 5.75 Å². The van der Waals surface area contributed by atoms with Gasteiger partial charge >= 0.3 is 11.9 Å². The van der Waals surface area contributed by atoms with E-state index in [1.54, 1.807) is 12.1 Å². The molecule has 1 fully saturated rings. The summed E-state index contributed by atoms with van der Waals surface area (Å²) in [6.45, 7) is 0. The highest BCUT2D eigenvalue weighted by Gasteiger charge is 2.54. The lowest BCUT2D eigenvalue weighted by Crippen LogP contribution is -2.47. The predicted octanol–water partition coefficient (Wildman–Crippen LogP) is 2.37. The minimum Gasteiger partial charge on any atom is -0.508 e. The smallest absolute Gasteiger partial charge is 0.323 e. The Morgan fingerprint density at radius 2 is 2.00 bits per heavy atom. The molecule has 5 heteroatoms. The molecule has 0 amide bonds. The van der Waals surface area contributed by atoms with Gasteiger partial charge in [0.15, 0.2) is 5.41 Å². The molecule has 2 rings (SSSR count). The van der Waals surface area contributed by atoms with Crippen molar-refractivity contribution in [2.24, 2.45) is 11.3 Å². The Bertz CT molecular complexity index is 533. The van der Waals surface area contributed by atoms with E-state index in [4.69, 9.17) is 4.74 Å². The minimum atomic E-state index is -1.57. The highest BCUT2D eigenvalue weighted by molar-refractivity contribution is 6.00. The lowest BCUT2D eigenvalue weighted by atomic mass is 9.70. The van der Waals surface area contributed by atoms with E-state index >= 15 is 0 Å². The summed E-state index contributed by atoms with van der Waals surface area (Å²) in [5.41, 5.74) is -0.950. The molecule has 0 radical (unpaired) electrons. The molecular weight excluding hydrogens is 272 g/mol. The van der Waals surface area contributed by atoms with E-state index in [1.807, 2.05) is 0 Å². The third-order valence-corrected chi connectivity index (χ3v) is 4.38. The molecule has 1 aliphatic rings. The Balaban J connectivity index is 2.42. The molecule has 114 valence electrons. The number of benzene rings is 1. The first-order chi connectivity index (χ1) is 10.0. The number of carbonyl (C=O) groups excluding carboxylic acids is 1. The van der Waals surface area contributed by atoms with Crippen LogP contribution in [0.1, 0.15) is 31.2 Å².